The standard InChI is InChI=1S/C8H7NO.C7H8/c10-7-2-1-6-3-4-9-8(6)5-7;1-7-5-3-2-4-6-7/h1-5,9-10H;2-6H,1H3. The number of rotatable bonds is 0. The maximum absolute atomic E-state index is 9.03. The molecule has 2 nitrogen and oxygen atoms in total. The van der Waals surface area contributed by atoms with Crippen LogP contribution in [0, 0.1) is 6.92 Å². The van der Waals surface area contributed by atoms with Gasteiger partial charge in [-0.25, -0.2) is 0 Å². The molecule has 0 aliphatic rings. The number of hydrogen-bond donors (Lipinski definition) is 2. The summed E-state index contributed by atoms with van der Waals surface area (Å²) < 4.78 is 0. The van der Waals surface area contributed by atoms with Crippen LogP contribution >= 0.6 is 0 Å². The molecule has 0 saturated carbocycles. The van der Waals surface area contributed by atoms with Crippen molar-refractivity contribution in [1.82, 2.24) is 4.98 Å². The molecule has 0 aliphatic carbocycles. The highest BCUT2D eigenvalue weighted by Gasteiger charge is 1.92. The molecule has 2 N–H and O–H groups in total. The number of phenolic OH excluding ortho intramolecular Hbond substituents is 1. The smallest absolute Gasteiger partial charge is 0.117 e. The SMILES string of the molecule is Cc1ccccc1.Oc1ccc2cc[nH]c2c1. The molecule has 1 aromatic heterocycles. The van der Waals surface area contributed by atoms with Gasteiger partial charge in [0.1, 0.15) is 5.75 Å². The molecule has 0 aliphatic heterocycles. The summed E-state index contributed by atoms with van der Waals surface area (Å²) in [7, 11) is 0. The van der Waals surface area contributed by atoms with Gasteiger partial charge in [0.2, 0.25) is 0 Å². The summed E-state index contributed by atoms with van der Waals surface area (Å²) in [4.78, 5) is 3.00. The topological polar surface area (TPSA) is 36.0 Å². The number of aryl methyl sites for hydroxylation is 1. The second kappa shape index (κ2) is 5.21. The number of fused-ring (bicyclic) bond motifs is 1. The van der Waals surface area contributed by atoms with Crippen molar-refractivity contribution in [2.75, 3.05) is 0 Å². The Balaban J connectivity index is 0.000000136. The van der Waals surface area contributed by atoms with Crippen LogP contribution in [0.2, 0.25) is 0 Å². The number of aromatic amines is 1. The Morgan fingerprint density at radius 2 is 1.71 bits per heavy atom. The number of hydrogen-bond acceptors (Lipinski definition) is 1. The number of aromatic hydroxyl groups is 1. The number of benzene rings is 2. The zero-order valence-electron chi connectivity index (χ0n) is 9.72. The fourth-order valence-electron chi connectivity index (χ4n) is 1.57. The molecule has 3 aromatic rings. The number of phenols is 1. The molecule has 2 heteroatoms. The lowest BCUT2D eigenvalue weighted by molar-refractivity contribution is 0.476. The molecule has 2 aromatic carbocycles. The molecule has 0 unspecified atom stereocenters. The predicted molar refractivity (Wildman–Crippen MR) is 71.1 cm³/mol. The molecule has 0 amide bonds. The van der Waals surface area contributed by atoms with E-state index in [4.69, 9.17) is 5.11 Å². The van der Waals surface area contributed by atoms with Crippen molar-refractivity contribution in [3.05, 3.63) is 66.4 Å². The Morgan fingerprint density at radius 1 is 0.941 bits per heavy atom. The lowest BCUT2D eigenvalue weighted by Gasteiger charge is -1.89. The third kappa shape index (κ3) is 3.11. The molecular formula is C15H15NO. The Labute approximate surface area is 101 Å². The largest absolute Gasteiger partial charge is 0.508 e. The normalized spacial score (nSPS) is 9.71. The molecule has 3 rings (SSSR count). The number of aromatic nitrogens is 1. The van der Waals surface area contributed by atoms with E-state index in [9.17, 15) is 0 Å². The average Bonchev–Trinajstić information content (AvgIpc) is 2.78. The molecule has 0 atom stereocenters. The van der Waals surface area contributed by atoms with Crippen LogP contribution in [0.4, 0.5) is 0 Å². The Bertz CT molecular complexity index is 584. The van der Waals surface area contributed by atoms with Gasteiger partial charge >= 0.3 is 0 Å². The third-order valence-corrected chi connectivity index (χ3v) is 2.48. The minimum atomic E-state index is 0.301. The highest BCUT2D eigenvalue weighted by molar-refractivity contribution is 5.80. The van der Waals surface area contributed by atoms with Crippen LogP contribution in [0.15, 0.2) is 60.8 Å². The van der Waals surface area contributed by atoms with Gasteiger partial charge in [-0.15, -0.1) is 0 Å². The van der Waals surface area contributed by atoms with E-state index in [1.54, 1.807) is 12.1 Å². The van der Waals surface area contributed by atoms with E-state index in [0.717, 1.165) is 10.9 Å². The van der Waals surface area contributed by atoms with Crippen molar-refractivity contribution in [2.45, 2.75) is 6.92 Å². The highest BCUT2D eigenvalue weighted by atomic mass is 16.3. The quantitative estimate of drug-likeness (QED) is 0.598. The lowest BCUT2D eigenvalue weighted by Crippen LogP contribution is -1.65. The molecule has 17 heavy (non-hydrogen) atoms. The maximum atomic E-state index is 9.03. The molecule has 1 heterocycles. The zero-order valence-corrected chi connectivity index (χ0v) is 9.72. The van der Waals surface area contributed by atoms with Crippen molar-refractivity contribution >= 4 is 10.9 Å². The van der Waals surface area contributed by atoms with Crippen LogP contribution in [-0.2, 0) is 0 Å². The Kier molecular flexibility index (Phi) is 3.46. The summed E-state index contributed by atoms with van der Waals surface area (Å²) in [5.41, 5.74) is 2.29. The monoisotopic (exact) mass is 225 g/mol. The first kappa shape index (κ1) is 11.3. The highest BCUT2D eigenvalue weighted by Crippen LogP contribution is 2.17. The molecule has 0 saturated heterocycles. The van der Waals surface area contributed by atoms with Crippen molar-refractivity contribution < 1.29 is 5.11 Å². The van der Waals surface area contributed by atoms with Gasteiger partial charge in [0.25, 0.3) is 0 Å². The average molecular weight is 225 g/mol. The second-order valence-corrected chi connectivity index (χ2v) is 3.90. The summed E-state index contributed by atoms with van der Waals surface area (Å²) in [6.07, 6.45) is 1.85. The van der Waals surface area contributed by atoms with Crippen LogP contribution in [0.3, 0.4) is 0 Å². The van der Waals surface area contributed by atoms with E-state index >= 15 is 0 Å². The minimum Gasteiger partial charge on any atom is -0.508 e. The van der Waals surface area contributed by atoms with E-state index in [0.29, 0.717) is 5.75 Å². The molecule has 0 radical (unpaired) electrons. The van der Waals surface area contributed by atoms with E-state index in [2.05, 4.69) is 24.0 Å². The van der Waals surface area contributed by atoms with Gasteiger partial charge in [-0.1, -0.05) is 35.9 Å². The van der Waals surface area contributed by atoms with Crippen LogP contribution < -0.4 is 0 Å². The summed E-state index contributed by atoms with van der Waals surface area (Å²) in [6, 6.07) is 17.5. The van der Waals surface area contributed by atoms with Crippen LogP contribution in [0.25, 0.3) is 10.9 Å². The van der Waals surface area contributed by atoms with Crippen LogP contribution in [0.5, 0.6) is 5.75 Å². The van der Waals surface area contributed by atoms with Gasteiger partial charge in [0.15, 0.2) is 0 Å². The minimum absolute atomic E-state index is 0.301. The summed E-state index contributed by atoms with van der Waals surface area (Å²) in [6.45, 7) is 2.08. The summed E-state index contributed by atoms with van der Waals surface area (Å²) in [5, 5.41) is 10.2. The summed E-state index contributed by atoms with van der Waals surface area (Å²) in [5.74, 6) is 0.301. The van der Waals surface area contributed by atoms with Gasteiger partial charge in [-0.05, 0) is 30.5 Å². The third-order valence-electron chi connectivity index (χ3n) is 2.48. The first-order valence-electron chi connectivity index (χ1n) is 5.53. The molecule has 0 fully saturated rings. The van der Waals surface area contributed by atoms with Crippen LogP contribution in [0.1, 0.15) is 5.56 Å². The van der Waals surface area contributed by atoms with Crippen molar-refractivity contribution in [3.63, 3.8) is 0 Å². The van der Waals surface area contributed by atoms with Crippen LogP contribution in [-0.4, -0.2) is 10.1 Å². The molecular weight excluding hydrogens is 210 g/mol. The van der Waals surface area contributed by atoms with Gasteiger partial charge in [-0.2, -0.15) is 0 Å². The number of H-pyrrole nitrogens is 1. The molecule has 0 bridgehead atoms. The van der Waals surface area contributed by atoms with Gasteiger partial charge in [0.05, 0.1) is 0 Å². The fourth-order valence-corrected chi connectivity index (χ4v) is 1.57. The predicted octanol–water partition coefficient (Wildman–Crippen LogP) is 3.87. The fraction of sp³-hybridized carbons (Fsp3) is 0.0667. The van der Waals surface area contributed by atoms with E-state index < -0.39 is 0 Å². The second-order valence-electron chi connectivity index (χ2n) is 3.90. The van der Waals surface area contributed by atoms with Gasteiger partial charge in [-0.3, -0.25) is 0 Å². The molecule has 0 spiro atoms. The summed E-state index contributed by atoms with van der Waals surface area (Å²) >= 11 is 0. The van der Waals surface area contributed by atoms with E-state index in [1.807, 2.05) is 36.5 Å². The Morgan fingerprint density at radius 3 is 2.35 bits per heavy atom. The number of nitrogens with one attached hydrogen (secondary N) is 1. The van der Waals surface area contributed by atoms with E-state index in [-0.39, 0.29) is 0 Å². The zero-order chi connectivity index (χ0) is 12.1. The van der Waals surface area contributed by atoms with Crippen molar-refractivity contribution in [2.24, 2.45) is 0 Å². The Hall–Kier alpha value is -2.22. The first-order chi connectivity index (χ1) is 8.25. The molecule has 86 valence electrons. The lowest BCUT2D eigenvalue weighted by atomic mass is 10.2. The maximum Gasteiger partial charge on any atom is 0.117 e. The van der Waals surface area contributed by atoms with Crippen molar-refractivity contribution in [3.8, 4) is 5.75 Å². The van der Waals surface area contributed by atoms with Gasteiger partial charge < -0.3 is 10.1 Å². The van der Waals surface area contributed by atoms with Crippen molar-refractivity contribution in [1.29, 1.82) is 0 Å². The van der Waals surface area contributed by atoms with Gasteiger partial charge in [0, 0.05) is 17.8 Å². The first-order valence-corrected chi connectivity index (χ1v) is 5.53. The van der Waals surface area contributed by atoms with E-state index in [1.165, 1.54) is 5.56 Å².